The Labute approximate surface area is 105 Å². The van der Waals surface area contributed by atoms with Crippen molar-refractivity contribution in [2.75, 3.05) is 19.8 Å². The molecule has 5 nitrogen and oxygen atoms in total. The van der Waals surface area contributed by atoms with E-state index in [1.807, 2.05) is 18.3 Å². The van der Waals surface area contributed by atoms with Crippen molar-refractivity contribution in [1.82, 2.24) is 15.3 Å². The number of aliphatic hydroxyl groups is 1. The van der Waals surface area contributed by atoms with Crippen molar-refractivity contribution in [3.63, 3.8) is 0 Å². The molecule has 0 spiro atoms. The molecule has 3 heterocycles. The molecule has 0 amide bonds. The van der Waals surface area contributed by atoms with E-state index in [1.165, 1.54) is 5.56 Å². The molecular weight excluding hydrogens is 230 g/mol. The molecule has 18 heavy (non-hydrogen) atoms. The van der Waals surface area contributed by atoms with Gasteiger partial charge in [0.2, 0.25) is 0 Å². The van der Waals surface area contributed by atoms with Crippen LogP contribution in [0.3, 0.4) is 0 Å². The Morgan fingerprint density at radius 2 is 2.50 bits per heavy atom. The largest absolute Gasteiger partial charge is 0.386 e. The first-order chi connectivity index (χ1) is 8.77. The van der Waals surface area contributed by atoms with Crippen molar-refractivity contribution in [3.8, 4) is 0 Å². The summed E-state index contributed by atoms with van der Waals surface area (Å²) in [4.78, 5) is 7.39. The number of fused-ring (bicyclic) bond motifs is 1. The van der Waals surface area contributed by atoms with Crippen LogP contribution in [-0.2, 0) is 11.3 Å². The molecule has 0 aliphatic carbocycles. The smallest absolute Gasteiger partial charge is 0.137 e. The molecule has 0 radical (unpaired) electrons. The molecule has 5 heteroatoms. The number of aromatic nitrogens is 2. The van der Waals surface area contributed by atoms with E-state index in [4.69, 9.17) is 4.74 Å². The molecule has 3 N–H and O–H groups in total. The van der Waals surface area contributed by atoms with Crippen LogP contribution in [0, 0.1) is 0 Å². The van der Waals surface area contributed by atoms with Gasteiger partial charge in [-0.2, -0.15) is 0 Å². The number of pyridine rings is 1. The minimum atomic E-state index is -0.704. The maximum absolute atomic E-state index is 10.1. The van der Waals surface area contributed by atoms with Crippen LogP contribution >= 0.6 is 0 Å². The fourth-order valence-corrected chi connectivity index (χ4v) is 2.32. The minimum Gasteiger partial charge on any atom is -0.386 e. The van der Waals surface area contributed by atoms with Gasteiger partial charge in [0, 0.05) is 43.9 Å². The van der Waals surface area contributed by atoms with Gasteiger partial charge in [0.25, 0.3) is 0 Å². The molecule has 2 aromatic heterocycles. The predicted octanol–water partition coefficient (Wildman–Crippen LogP) is 0.804. The monoisotopic (exact) mass is 247 g/mol. The van der Waals surface area contributed by atoms with Crippen molar-refractivity contribution in [1.29, 1.82) is 0 Å². The quantitative estimate of drug-likeness (QED) is 0.747. The Hall–Kier alpha value is -1.43. The summed E-state index contributed by atoms with van der Waals surface area (Å²) in [5.41, 5.74) is 1.36. The fraction of sp³-hybridized carbons (Fsp3) is 0.462. The Kier molecular flexibility index (Phi) is 3.03. The zero-order chi connectivity index (χ0) is 12.4. The number of ether oxygens (including phenoxy) is 1. The summed E-state index contributed by atoms with van der Waals surface area (Å²) in [6.07, 6.45) is 4.43. The minimum absolute atomic E-state index is 0.426. The first-order valence-electron chi connectivity index (χ1n) is 6.19. The zero-order valence-corrected chi connectivity index (χ0v) is 10.1. The van der Waals surface area contributed by atoms with Crippen molar-refractivity contribution in [2.24, 2.45) is 0 Å². The highest BCUT2D eigenvalue weighted by Gasteiger charge is 2.31. The van der Waals surface area contributed by atoms with Crippen molar-refractivity contribution >= 4 is 11.0 Å². The molecular formula is C13H17N3O2. The third-order valence-electron chi connectivity index (χ3n) is 3.39. The number of aromatic amines is 1. The maximum Gasteiger partial charge on any atom is 0.137 e. The van der Waals surface area contributed by atoms with Crippen LogP contribution in [0.25, 0.3) is 11.0 Å². The average Bonchev–Trinajstić information content (AvgIpc) is 2.97. The normalized spacial score (nSPS) is 23.8. The summed E-state index contributed by atoms with van der Waals surface area (Å²) in [5, 5.41) is 14.5. The highest BCUT2D eigenvalue weighted by Crippen LogP contribution is 2.18. The van der Waals surface area contributed by atoms with Gasteiger partial charge in [-0.1, -0.05) is 0 Å². The SMILES string of the molecule is OC1(CNCc2c[nH]c3ncccc23)CCOC1. The van der Waals surface area contributed by atoms with E-state index in [2.05, 4.69) is 15.3 Å². The van der Waals surface area contributed by atoms with Gasteiger partial charge in [-0.05, 0) is 17.7 Å². The van der Waals surface area contributed by atoms with Gasteiger partial charge in [-0.15, -0.1) is 0 Å². The van der Waals surface area contributed by atoms with Gasteiger partial charge in [-0.3, -0.25) is 0 Å². The maximum atomic E-state index is 10.1. The van der Waals surface area contributed by atoms with E-state index < -0.39 is 5.60 Å². The van der Waals surface area contributed by atoms with E-state index in [-0.39, 0.29) is 0 Å². The molecule has 1 aliphatic rings. The Balaban J connectivity index is 1.63. The van der Waals surface area contributed by atoms with E-state index in [1.54, 1.807) is 6.20 Å². The van der Waals surface area contributed by atoms with E-state index in [0.29, 0.717) is 32.7 Å². The lowest BCUT2D eigenvalue weighted by molar-refractivity contribution is 0.0269. The van der Waals surface area contributed by atoms with Gasteiger partial charge < -0.3 is 20.1 Å². The number of H-pyrrole nitrogens is 1. The molecule has 3 rings (SSSR count). The molecule has 0 bridgehead atoms. The van der Waals surface area contributed by atoms with Crippen molar-refractivity contribution < 1.29 is 9.84 Å². The van der Waals surface area contributed by atoms with Gasteiger partial charge in [0.15, 0.2) is 0 Å². The Morgan fingerprint density at radius 1 is 1.56 bits per heavy atom. The lowest BCUT2D eigenvalue weighted by atomic mass is 10.0. The van der Waals surface area contributed by atoms with Gasteiger partial charge >= 0.3 is 0 Å². The van der Waals surface area contributed by atoms with Gasteiger partial charge in [0.05, 0.1) is 6.61 Å². The summed E-state index contributed by atoms with van der Waals surface area (Å²) < 4.78 is 5.21. The van der Waals surface area contributed by atoms with Crippen LogP contribution in [0.5, 0.6) is 0 Å². The number of hydrogen-bond acceptors (Lipinski definition) is 4. The summed E-state index contributed by atoms with van der Waals surface area (Å²) in [6, 6.07) is 3.97. The van der Waals surface area contributed by atoms with E-state index >= 15 is 0 Å². The average molecular weight is 247 g/mol. The Bertz CT molecular complexity index is 532. The van der Waals surface area contributed by atoms with Crippen LogP contribution in [-0.4, -0.2) is 40.4 Å². The summed E-state index contributed by atoms with van der Waals surface area (Å²) >= 11 is 0. The second-order valence-corrected chi connectivity index (χ2v) is 4.84. The van der Waals surface area contributed by atoms with Gasteiger partial charge in [0.1, 0.15) is 11.2 Å². The lowest BCUT2D eigenvalue weighted by Crippen LogP contribution is -2.40. The van der Waals surface area contributed by atoms with E-state index in [9.17, 15) is 5.11 Å². The number of nitrogens with one attached hydrogen (secondary N) is 2. The fourth-order valence-electron chi connectivity index (χ4n) is 2.32. The number of nitrogens with zero attached hydrogens (tertiary/aromatic N) is 1. The highest BCUT2D eigenvalue weighted by molar-refractivity contribution is 5.79. The van der Waals surface area contributed by atoms with Crippen molar-refractivity contribution in [2.45, 2.75) is 18.6 Å². The molecule has 2 aromatic rings. The van der Waals surface area contributed by atoms with Crippen LogP contribution in [0.4, 0.5) is 0 Å². The van der Waals surface area contributed by atoms with Gasteiger partial charge in [-0.25, -0.2) is 4.98 Å². The zero-order valence-electron chi connectivity index (χ0n) is 10.1. The number of hydrogen-bond donors (Lipinski definition) is 3. The highest BCUT2D eigenvalue weighted by atomic mass is 16.5. The molecule has 1 atom stereocenters. The predicted molar refractivity (Wildman–Crippen MR) is 68.2 cm³/mol. The molecule has 1 saturated heterocycles. The third-order valence-corrected chi connectivity index (χ3v) is 3.39. The first kappa shape index (κ1) is 11.6. The van der Waals surface area contributed by atoms with Crippen LogP contribution < -0.4 is 5.32 Å². The third kappa shape index (κ3) is 2.25. The van der Waals surface area contributed by atoms with Crippen molar-refractivity contribution in [3.05, 3.63) is 30.1 Å². The summed E-state index contributed by atoms with van der Waals surface area (Å²) in [5.74, 6) is 0. The second-order valence-electron chi connectivity index (χ2n) is 4.84. The Morgan fingerprint density at radius 3 is 3.33 bits per heavy atom. The molecule has 1 aliphatic heterocycles. The molecule has 96 valence electrons. The molecule has 0 saturated carbocycles. The van der Waals surface area contributed by atoms with Crippen LogP contribution in [0.15, 0.2) is 24.5 Å². The first-order valence-corrected chi connectivity index (χ1v) is 6.19. The second kappa shape index (κ2) is 4.68. The topological polar surface area (TPSA) is 70.2 Å². The summed E-state index contributed by atoms with van der Waals surface area (Å²) in [6.45, 7) is 2.35. The lowest BCUT2D eigenvalue weighted by Gasteiger charge is -2.20. The molecule has 1 unspecified atom stereocenters. The molecule has 0 aromatic carbocycles. The van der Waals surface area contributed by atoms with Crippen LogP contribution in [0.1, 0.15) is 12.0 Å². The van der Waals surface area contributed by atoms with E-state index in [0.717, 1.165) is 11.0 Å². The van der Waals surface area contributed by atoms with Crippen LogP contribution in [0.2, 0.25) is 0 Å². The molecule has 1 fully saturated rings. The number of rotatable bonds is 4. The summed E-state index contributed by atoms with van der Waals surface area (Å²) in [7, 11) is 0. The standard InChI is InChI=1S/C13H17N3O2/c17-13(3-5-18-9-13)8-14-6-10-7-16-12-11(10)2-1-4-15-12/h1-2,4,7,14,17H,3,5-6,8-9H2,(H,15,16).